The number of phenols is 2. The van der Waals surface area contributed by atoms with E-state index in [9.17, 15) is 10.2 Å². The molecule has 0 amide bonds. The zero-order valence-corrected chi connectivity index (χ0v) is 19.0. The van der Waals surface area contributed by atoms with E-state index >= 15 is 0 Å². The monoisotopic (exact) mass is 470 g/mol. The molecule has 6 N–H and O–H groups in total. The Labute approximate surface area is 201 Å². The fourth-order valence-electron chi connectivity index (χ4n) is 4.28. The molecular formula is C25H26N8O2. The normalized spacial score (nSPS) is 12.2. The van der Waals surface area contributed by atoms with E-state index in [4.69, 9.17) is 5.73 Å². The Morgan fingerprint density at radius 3 is 2.60 bits per heavy atom. The molecule has 0 aliphatic rings. The fraction of sp³-hybridized carbons (Fsp3) is 0.200. The average Bonchev–Trinajstić information content (AvgIpc) is 3.48. The number of fused-ring (bicyclic) bond motifs is 1. The van der Waals surface area contributed by atoms with Gasteiger partial charge in [-0.05, 0) is 65.6 Å². The van der Waals surface area contributed by atoms with Crippen molar-refractivity contribution in [3.8, 4) is 11.5 Å². The Bertz CT molecular complexity index is 1440. The fourth-order valence-corrected chi connectivity index (χ4v) is 4.28. The van der Waals surface area contributed by atoms with Crippen LogP contribution in [0, 0.1) is 0 Å². The summed E-state index contributed by atoms with van der Waals surface area (Å²) in [5, 5.41) is 38.5. The van der Waals surface area contributed by atoms with Crippen molar-refractivity contribution in [1.82, 2.24) is 35.5 Å². The minimum atomic E-state index is -0.0532. The van der Waals surface area contributed by atoms with Gasteiger partial charge in [0.25, 0.3) is 0 Å². The maximum atomic E-state index is 9.77. The Balaban J connectivity index is 1.39. The SMILES string of the molecule is Nc1cc(C(CCNCc2cccc(O)c2)c2cnn(Cc3cccc(O)c3)c2)c2nn[nH]c2n1. The predicted molar refractivity (Wildman–Crippen MR) is 132 cm³/mol. The first kappa shape index (κ1) is 22.4. The van der Waals surface area contributed by atoms with Crippen LogP contribution in [0.3, 0.4) is 0 Å². The number of benzene rings is 2. The summed E-state index contributed by atoms with van der Waals surface area (Å²) in [5.74, 6) is 0.819. The highest BCUT2D eigenvalue weighted by molar-refractivity contribution is 5.77. The van der Waals surface area contributed by atoms with Crippen LogP contribution in [0.2, 0.25) is 0 Å². The summed E-state index contributed by atoms with van der Waals surface area (Å²) >= 11 is 0. The number of nitrogen functional groups attached to an aromatic ring is 1. The molecule has 10 nitrogen and oxygen atoms in total. The van der Waals surface area contributed by atoms with E-state index < -0.39 is 0 Å². The standard InChI is InChI=1S/C25H26N8O2/c26-23-11-22(24-25(29-23)31-32-30-24)21(7-8-27-12-16-3-1-5-19(34)9-16)18-13-28-33(15-18)14-17-4-2-6-20(35)10-17/h1-6,9-11,13,15,21,27,34-35H,7-8,12,14H2,(H3,26,29,30,31,32). The van der Waals surface area contributed by atoms with E-state index in [2.05, 4.69) is 30.8 Å². The molecule has 0 fully saturated rings. The summed E-state index contributed by atoms with van der Waals surface area (Å²) in [6.07, 6.45) is 4.61. The van der Waals surface area contributed by atoms with Crippen molar-refractivity contribution in [3.63, 3.8) is 0 Å². The van der Waals surface area contributed by atoms with Gasteiger partial charge in [0.1, 0.15) is 22.8 Å². The average molecular weight is 471 g/mol. The minimum Gasteiger partial charge on any atom is -0.508 e. The molecule has 0 spiro atoms. The van der Waals surface area contributed by atoms with Crippen molar-refractivity contribution in [2.45, 2.75) is 25.4 Å². The maximum Gasteiger partial charge on any atom is 0.178 e. The maximum absolute atomic E-state index is 9.77. The first-order chi connectivity index (χ1) is 17.0. The lowest BCUT2D eigenvalue weighted by molar-refractivity contribution is 0.473. The number of phenolic OH excluding ortho intramolecular Hbond substituents is 2. The van der Waals surface area contributed by atoms with E-state index in [1.807, 2.05) is 47.4 Å². The van der Waals surface area contributed by atoms with Gasteiger partial charge in [0, 0.05) is 18.7 Å². The summed E-state index contributed by atoms with van der Waals surface area (Å²) in [6, 6.07) is 16.2. The number of aromatic nitrogens is 6. The minimum absolute atomic E-state index is 0.0532. The first-order valence-corrected chi connectivity index (χ1v) is 11.3. The number of nitrogens with one attached hydrogen (secondary N) is 2. The Kier molecular flexibility index (Phi) is 6.27. The van der Waals surface area contributed by atoms with Gasteiger partial charge in [0.05, 0.1) is 12.7 Å². The molecule has 1 atom stereocenters. The van der Waals surface area contributed by atoms with Crippen molar-refractivity contribution in [2.75, 3.05) is 12.3 Å². The Morgan fingerprint density at radius 1 is 1.03 bits per heavy atom. The third kappa shape index (κ3) is 5.22. The lowest BCUT2D eigenvalue weighted by Crippen LogP contribution is -2.18. The number of aromatic amines is 1. The molecule has 0 bridgehead atoms. The van der Waals surface area contributed by atoms with E-state index in [0.29, 0.717) is 36.6 Å². The molecule has 3 aromatic heterocycles. The summed E-state index contributed by atoms with van der Waals surface area (Å²) in [7, 11) is 0. The molecule has 0 radical (unpaired) electrons. The molecule has 1 unspecified atom stereocenters. The summed E-state index contributed by atoms with van der Waals surface area (Å²) in [6.45, 7) is 1.88. The quantitative estimate of drug-likeness (QED) is 0.206. The third-order valence-corrected chi connectivity index (χ3v) is 5.88. The van der Waals surface area contributed by atoms with Gasteiger partial charge in [-0.2, -0.15) is 5.10 Å². The molecule has 178 valence electrons. The molecular weight excluding hydrogens is 444 g/mol. The molecule has 3 heterocycles. The van der Waals surface area contributed by atoms with Gasteiger partial charge in [0.15, 0.2) is 5.65 Å². The van der Waals surface area contributed by atoms with Crippen molar-refractivity contribution in [1.29, 1.82) is 0 Å². The highest BCUT2D eigenvalue weighted by Gasteiger charge is 2.21. The zero-order chi connectivity index (χ0) is 24.2. The number of nitrogens with two attached hydrogens (primary N) is 1. The van der Waals surface area contributed by atoms with Gasteiger partial charge in [-0.3, -0.25) is 4.68 Å². The number of hydrogen-bond acceptors (Lipinski definition) is 8. The smallest absolute Gasteiger partial charge is 0.178 e. The molecule has 0 aliphatic heterocycles. The third-order valence-electron chi connectivity index (χ3n) is 5.88. The van der Waals surface area contributed by atoms with Gasteiger partial charge < -0.3 is 21.3 Å². The number of aromatic hydroxyl groups is 2. The summed E-state index contributed by atoms with van der Waals surface area (Å²) < 4.78 is 1.85. The van der Waals surface area contributed by atoms with Gasteiger partial charge >= 0.3 is 0 Å². The molecule has 2 aromatic carbocycles. The van der Waals surface area contributed by atoms with E-state index in [-0.39, 0.29) is 17.4 Å². The number of H-pyrrole nitrogens is 1. The second-order valence-electron chi connectivity index (χ2n) is 8.47. The molecule has 0 saturated heterocycles. The van der Waals surface area contributed by atoms with Crippen molar-refractivity contribution in [2.24, 2.45) is 0 Å². The topological polar surface area (TPSA) is 151 Å². The molecule has 5 rings (SSSR count). The van der Waals surface area contributed by atoms with Crippen molar-refractivity contribution < 1.29 is 10.2 Å². The lowest BCUT2D eigenvalue weighted by atomic mass is 9.90. The number of rotatable bonds is 9. The summed E-state index contributed by atoms with van der Waals surface area (Å²) in [5.41, 5.74) is 11.2. The van der Waals surface area contributed by atoms with Crippen LogP contribution in [0.1, 0.15) is 34.6 Å². The summed E-state index contributed by atoms with van der Waals surface area (Å²) in [4.78, 5) is 4.30. The van der Waals surface area contributed by atoms with Gasteiger partial charge in [-0.15, -0.1) is 5.10 Å². The molecule has 5 aromatic rings. The van der Waals surface area contributed by atoms with Crippen LogP contribution in [0.15, 0.2) is 67.0 Å². The largest absolute Gasteiger partial charge is 0.508 e. The van der Waals surface area contributed by atoms with Crippen molar-refractivity contribution in [3.05, 3.63) is 89.2 Å². The highest BCUT2D eigenvalue weighted by Crippen LogP contribution is 2.32. The van der Waals surface area contributed by atoms with Crippen LogP contribution in [-0.2, 0) is 13.1 Å². The first-order valence-electron chi connectivity index (χ1n) is 11.3. The molecule has 0 aliphatic carbocycles. The van der Waals surface area contributed by atoms with Crippen molar-refractivity contribution >= 4 is 17.0 Å². The van der Waals surface area contributed by atoms with Gasteiger partial charge in [0.2, 0.25) is 0 Å². The molecule has 35 heavy (non-hydrogen) atoms. The lowest BCUT2D eigenvalue weighted by Gasteiger charge is -2.17. The number of anilines is 1. The number of pyridine rings is 1. The van der Waals surface area contributed by atoms with E-state index in [0.717, 1.165) is 28.7 Å². The molecule has 0 saturated carbocycles. The Morgan fingerprint density at radius 2 is 1.80 bits per heavy atom. The Hall–Kier alpha value is -4.44. The van der Waals surface area contributed by atoms with Gasteiger partial charge in [-0.25, -0.2) is 10.1 Å². The van der Waals surface area contributed by atoms with Crippen LogP contribution in [-0.4, -0.2) is 46.9 Å². The van der Waals surface area contributed by atoms with Crippen LogP contribution >= 0.6 is 0 Å². The van der Waals surface area contributed by atoms with Crippen LogP contribution in [0.4, 0.5) is 5.82 Å². The number of hydrogen-bond donors (Lipinski definition) is 5. The molecule has 10 heteroatoms. The van der Waals surface area contributed by atoms with Crippen LogP contribution in [0.25, 0.3) is 11.2 Å². The zero-order valence-electron chi connectivity index (χ0n) is 19.0. The van der Waals surface area contributed by atoms with Crippen LogP contribution in [0.5, 0.6) is 11.5 Å². The highest BCUT2D eigenvalue weighted by atomic mass is 16.3. The van der Waals surface area contributed by atoms with E-state index in [1.165, 1.54) is 0 Å². The second kappa shape index (κ2) is 9.82. The van der Waals surface area contributed by atoms with E-state index in [1.54, 1.807) is 24.3 Å². The van der Waals surface area contributed by atoms with Gasteiger partial charge in [-0.1, -0.05) is 29.5 Å². The number of nitrogens with zero attached hydrogens (tertiary/aromatic N) is 5. The van der Waals surface area contributed by atoms with Crippen LogP contribution < -0.4 is 11.1 Å². The second-order valence-corrected chi connectivity index (χ2v) is 8.47. The predicted octanol–water partition coefficient (Wildman–Crippen LogP) is 2.90.